The summed E-state index contributed by atoms with van der Waals surface area (Å²) in [5, 5.41) is 0. The molecule has 128 valence electrons. The van der Waals surface area contributed by atoms with Crippen LogP contribution < -0.4 is 4.74 Å². The van der Waals surface area contributed by atoms with Crippen LogP contribution in [0.4, 0.5) is 18.0 Å². The molecule has 0 aliphatic carbocycles. The molecule has 4 nitrogen and oxygen atoms in total. The summed E-state index contributed by atoms with van der Waals surface area (Å²) in [4.78, 5) is 13.8. The zero-order valence-electron chi connectivity index (χ0n) is 13.5. The van der Waals surface area contributed by atoms with Crippen LogP contribution in [0.15, 0.2) is 24.3 Å². The molecule has 0 N–H and O–H groups in total. The molecule has 23 heavy (non-hydrogen) atoms. The van der Waals surface area contributed by atoms with Gasteiger partial charge < -0.3 is 9.47 Å². The van der Waals surface area contributed by atoms with Gasteiger partial charge in [0.1, 0.15) is 11.9 Å². The summed E-state index contributed by atoms with van der Waals surface area (Å²) in [5.41, 5.74) is 0.0766. The standard InChI is InChI=1S/C16H20F3NO3/c1-5-15(3,4)20-10(2)13(22-14(20)21)11-7-6-8-12(9-11)23-16(17,18)19/h6-10,13H,5H2,1-4H3/t10-,13-/m0/s1. The van der Waals surface area contributed by atoms with E-state index in [-0.39, 0.29) is 11.8 Å². The fourth-order valence-corrected chi connectivity index (χ4v) is 2.77. The maximum Gasteiger partial charge on any atom is 0.573 e. The zero-order chi connectivity index (χ0) is 17.4. The Bertz CT molecular complexity index is 586. The number of halogens is 3. The molecule has 2 atom stereocenters. The van der Waals surface area contributed by atoms with Crippen LogP contribution in [-0.2, 0) is 4.74 Å². The highest BCUT2D eigenvalue weighted by Crippen LogP contribution is 2.39. The van der Waals surface area contributed by atoms with Crippen LogP contribution in [0, 0.1) is 0 Å². The lowest BCUT2D eigenvalue weighted by Crippen LogP contribution is -2.48. The predicted molar refractivity (Wildman–Crippen MR) is 78.0 cm³/mol. The summed E-state index contributed by atoms with van der Waals surface area (Å²) >= 11 is 0. The molecule has 0 aromatic heterocycles. The molecule has 7 heteroatoms. The first kappa shape index (κ1) is 17.4. The van der Waals surface area contributed by atoms with Gasteiger partial charge in [-0.1, -0.05) is 19.1 Å². The Balaban J connectivity index is 2.26. The third-order valence-electron chi connectivity index (χ3n) is 4.21. The average Bonchev–Trinajstić information content (AvgIpc) is 2.73. The van der Waals surface area contributed by atoms with E-state index in [0.717, 1.165) is 6.42 Å². The highest BCUT2D eigenvalue weighted by atomic mass is 19.4. The summed E-state index contributed by atoms with van der Waals surface area (Å²) in [6.07, 6.45) is -5.12. The largest absolute Gasteiger partial charge is 0.573 e. The average molecular weight is 331 g/mol. The minimum atomic E-state index is -4.76. The molecule has 1 saturated heterocycles. The Morgan fingerprint density at radius 2 is 1.96 bits per heavy atom. The van der Waals surface area contributed by atoms with Crippen molar-refractivity contribution in [2.24, 2.45) is 0 Å². The number of hydrogen-bond donors (Lipinski definition) is 0. The molecule has 0 spiro atoms. The third-order valence-corrected chi connectivity index (χ3v) is 4.21. The van der Waals surface area contributed by atoms with E-state index in [1.807, 2.05) is 27.7 Å². The van der Waals surface area contributed by atoms with Gasteiger partial charge in [0, 0.05) is 5.54 Å². The number of amides is 1. The molecule has 0 radical (unpaired) electrons. The quantitative estimate of drug-likeness (QED) is 0.806. The molecule has 0 saturated carbocycles. The van der Waals surface area contributed by atoms with E-state index < -0.39 is 24.1 Å². The van der Waals surface area contributed by atoms with Gasteiger partial charge in [-0.15, -0.1) is 13.2 Å². The van der Waals surface area contributed by atoms with E-state index in [0.29, 0.717) is 5.56 Å². The summed E-state index contributed by atoms with van der Waals surface area (Å²) in [6.45, 7) is 7.64. The van der Waals surface area contributed by atoms with Crippen LogP contribution in [0.1, 0.15) is 45.8 Å². The molecular formula is C16H20F3NO3. The van der Waals surface area contributed by atoms with Gasteiger partial charge in [0.15, 0.2) is 0 Å². The molecule has 1 aliphatic heterocycles. The van der Waals surface area contributed by atoms with E-state index >= 15 is 0 Å². The molecular weight excluding hydrogens is 311 g/mol. The van der Waals surface area contributed by atoms with Crippen molar-refractivity contribution in [1.82, 2.24) is 4.90 Å². The maximum absolute atomic E-state index is 12.3. The summed E-state index contributed by atoms with van der Waals surface area (Å²) in [5.74, 6) is -0.327. The van der Waals surface area contributed by atoms with E-state index in [4.69, 9.17) is 4.74 Å². The van der Waals surface area contributed by atoms with E-state index in [1.54, 1.807) is 11.0 Å². The third kappa shape index (κ3) is 3.71. The van der Waals surface area contributed by atoms with Crippen LogP contribution in [0.3, 0.4) is 0 Å². The van der Waals surface area contributed by atoms with Gasteiger partial charge in [0.25, 0.3) is 0 Å². The van der Waals surface area contributed by atoms with Crippen LogP contribution in [0.2, 0.25) is 0 Å². The Morgan fingerprint density at radius 1 is 1.30 bits per heavy atom. The maximum atomic E-state index is 12.3. The van der Waals surface area contributed by atoms with Crippen molar-refractivity contribution in [3.63, 3.8) is 0 Å². The van der Waals surface area contributed by atoms with E-state index in [2.05, 4.69) is 4.74 Å². The van der Waals surface area contributed by atoms with Gasteiger partial charge in [-0.3, -0.25) is 4.90 Å². The Hall–Kier alpha value is -1.92. The lowest BCUT2D eigenvalue weighted by molar-refractivity contribution is -0.274. The second kappa shape index (κ2) is 5.94. The molecule has 2 rings (SSSR count). The molecule has 0 bridgehead atoms. The normalized spacial score (nSPS) is 22.2. The minimum absolute atomic E-state index is 0.293. The van der Waals surface area contributed by atoms with Gasteiger partial charge in [-0.2, -0.15) is 0 Å². The lowest BCUT2D eigenvalue weighted by atomic mass is 9.95. The number of carbonyl (C=O) groups excluding carboxylic acids is 1. The van der Waals surface area contributed by atoms with Crippen molar-refractivity contribution in [3.8, 4) is 5.75 Å². The zero-order valence-corrected chi connectivity index (χ0v) is 13.5. The monoisotopic (exact) mass is 331 g/mol. The van der Waals surface area contributed by atoms with Gasteiger partial charge in [0.2, 0.25) is 0 Å². The molecule has 0 unspecified atom stereocenters. The number of nitrogens with zero attached hydrogens (tertiary/aromatic N) is 1. The van der Waals surface area contributed by atoms with Crippen molar-refractivity contribution in [1.29, 1.82) is 0 Å². The van der Waals surface area contributed by atoms with Gasteiger partial charge >= 0.3 is 12.5 Å². The Kier molecular flexibility index (Phi) is 4.50. The van der Waals surface area contributed by atoms with Crippen molar-refractivity contribution in [2.75, 3.05) is 0 Å². The first-order valence-corrected chi connectivity index (χ1v) is 7.41. The highest BCUT2D eigenvalue weighted by molar-refractivity contribution is 5.72. The summed E-state index contributed by atoms with van der Waals surface area (Å²) in [7, 11) is 0. The number of cyclic esters (lactones) is 1. The molecule has 1 fully saturated rings. The number of carbonyl (C=O) groups is 1. The topological polar surface area (TPSA) is 38.8 Å². The highest BCUT2D eigenvalue weighted by Gasteiger charge is 2.46. The van der Waals surface area contributed by atoms with Gasteiger partial charge in [-0.05, 0) is 44.9 Å². The van der Waals surface area contributed by atoms with Crippen molar-refractivity contribution in [2.45, 2.75) is 58.2 Å². The minimum Gasteiger partial charge on any atom is -0.439 e. The fraction of sp³-hybridized carbons (Fsp3) is 0.562. The number of rotatable bonds is 4. The molecule has 1 aromatic rings. The van der Waals surface area contributed by atoms with E-state index in [1.165, 1.54) is 18.2 Å². The van der Waals surface area contributed by atoms with Crippen molar-refractivity contribution >= 4 is 6.09 Å². The molecule has 1 amide bonds. The SMILES string of the molecule is CCC(C)(C)N1C(=O)O[C@H](c2cccc(OC(F)(F)F)c2)[C@@H]1C. The first-order valence-electron chi connectivity index (χ1n) is 7.41. The summed E-state index contributed by atoms with van der Waals surface area (Å²) < 4.78 is 46.3. The van der Waals surface area contributed by atoms with Crippen molar-refractivity contribution in [3.05, 3.63) is 29.8 Å². The molecule has 1 aliphatic rings. The number of alkyl halides is 3. The molecule has 1 heterocycles. The lowest BCUT2D eigenvalue weighted by Gasteiger charge is -2.36. The van der Waals surface area contributed by atoms with Crippen LogP contribution in [-0.4, -0.2) is 28.9 Å². The van der Waals surface area contributed by atoms with Crippen LogP contribution in [0.5, 0.6) is 5.75 Å². The van der Waals surface area contributed by atoms with Crippen LogP contribution >= 0.6 is 0 Å². The second-order valence-corrected chi connectivity index (χ2v) is 6.20. The Morgan fingerprint density at radius 3 is 2.52 bits per heavy atom. The number of hydrogen-bond acceptors (Lipinski definition) is 3. The van der Waals surface area contributed by atoms with Gasteiger partial charge in [-0.25, -0.2) is 4.79 Å². The smallest absolute Gasteiger partial charge is 0.439 e. The predicted octanol–water partition coefficient (Wildman–Crippen LogP) is 4.66. The van der Waals surface area contributed by atoms with Crippen LogP contribution in [0.25, 0.3) is 0 Å². The fourth-order valence-electron chi connectivity index (χ4n) is 2.77. The first-order chi connectivity index (χ1) is 10.5. The number of benzene rings is 1. The number of ether oxygens (including phenoxy) is 2. The van der Waals surface area contributed by atoms with Crippen molar-refractivity contribution < 1.29 is 27.4 Å². The Labute approximate surface area is 133 Å². The second-order valence-electron chi connectivity index (χ2n) is 6.20. The van der Waals surface area contributed by atoms with Gasteiger partial charge in [0.05, 0.1) is 6.04 Å². The summed E-state index contributed by atoms with van der Waals surface area (Å²) in [6, 6.07) is 5.25. The van der Waals surface area contributed by atoms with E-state index in [9.17, 15) is 18.0 Å². The molecule has 1 aromatic carbocycles.